The van der Waals surface area contributed by atoms with Crippen molar-refractivity contribution in [2.24, 2.45) is 5.10 Å². The maximum absolute atomic E-state index is 6.08. The van der Waals surface area contributed by atoms with E-state index in [0.717, 1.165) is 61.9 Å². The van der Waals surface area contributed by atoms with E-state index in [2.05, 4.69) is 35.5 Å². The average molecular weight is 454 g/mol. The van der Waals surface area contributed by atoms with Crippen molar-refractivity contribution >= 4 is 39.6 Å². The predicted molar refractivity (Wildman–Crippen MR) is 127 cm³/mol. The molecular weight excluding hydrogens is 430 g/mol. The molecule has 5 rings (SSSR count). The maximum atomic E-state index is 6.08. The normalized spacial score (nSPS) is 17.3. The summed E-state index contributed by atoms with van der Waals surface area (Å²) in [7, 11) is 0. The molecule has 2 aromatic carbocycles. The van der Waals surface area contributed by atoms with Crippen LogP contribution in [0.2, 0.25) is 0 Å². The fraction of sp³-hybridized carbons (Fsp3) is 0.318. The minimum Gasteiger partial charge on any atom is -0.454 e. The van der Waals surface area contributed by atoms with E-state index < -0.39 is 0 Å². The van der Waals surface area contributed by atoms with Crippen molar-refractivity contribution < 1.29 is 9.47 Å². The number of hydrogen-bond donors (Lipinski definition) is 1. The number of nitrogens with zero attached hydrogens (tertiary/aromatic N) is 4. The van der Waals surface area contributed by atoms with E-state index in [9.17, 15) is 0 Å². The van der Waals surface area contributed by atoms with Crippen molar-refractivity contribution in [3.05, 3.63) is 57.6 Å². The van der Waals surface area contributed by atoms with Gasteiger partial charge in [0.15, 0.2) is 11.5 Å². The predicted octanol–water partition coefficient (Wildman–Crippen LogP) is 4.22. The zero-order valence-electron chi connectivity index (χ0n) is 17.6. The molecule has 0 spiro atoms. The summed E-state index contributed by atoms with van der Waals surface area (Å²) < 4.78 is 11.3. The molecule has 0 radical (unpaired) electrons. The summed E-state index contributed by atoms with van der Waals surface area (Å²) in [5, 5.41) is 17.7. The minimum absolute atomic E-state index is 0.0987. The summed E-state index contributed by atoms with van der Waals surface area (Å²) in [6.45, 7) is 4.41. The zero-order chi connectivity index (χ0) is 21.5. The third-order valence-electron chi connectivity index (χ3n) is 5.46. The van der Waals surface area contributed by atoms with E-state index in [0.29, 0.717) is 0 Å². The van der Waals surface area contributed by atoms with Crippen molar-refractivity contribution in [2.45, 2.75) is 32.1 Å². The van der Waals surface area contributed by atoms with Crippen molar-refractivity contribution in [1.82, 2.24) is 10.2 Å². The molecule has 2 N–H and O–H groups in total. The van der Waals surface area contributed by atoms with Crippen LogP contribution in [0.15, 0.2) is 35.4 Å². The molecule has 0 aliphatic carbocycles. The van der Waals surface area contributed by atoms with Gasteiger partial charge in [-0.25, -0.2) is 5.01 Å². The number of thioether (sulfide) groups is 1. The lowest BCUT2D eigenvalue weighted by molar-refractivity contribution is 0.174. The fourth-order valence-corrected chi connectivity index (χ4v) is 5.41. The third-order valence-corrected chi connectivity index (χ3v) is 7.12. The number of hydrogen-bond acceptors (Lipinski definition) is 9. The van der Waals surface area contributed by atoms with E-state index in [1.807, 2.05) is 30.1 Å². The number of nitrogens with two attached hydrogens (primary N) is 1. The second kappa shape index (κ2) is 8.05. The van der Waals surface area contributed by atoms with Crippen LogP contribution in [0.5, 0.6) is 11.5 Å². The number of ether oxygens (including phenoxy) is 2. The molecule has 160 valence electrons. The van der Waals surface area contributed by atoms with Gasteiger partial charge in [-0.1, -0.05) is 17.4 Å². The van der Waals surface area contributed by atoms with Gasteiger partial charge in [-0.3, -0.25) is 0 Å². The van der Waals surface area contributed by atoms with Crippen LogP contribution in [-0.4, -0.2) is 35.0 Å². The highest BCUT2D eigenvalue weighted by atomic mass is 32.2. The van der Waals surface area contributed by atoms with Gasteiger partial charge in [0.25, 0.3) is 0 Å². The summed E-state index contributed by atoms with van der Waals surface area (Å²) in [5.74, 6) is 2.37. The molecule has 0 amide bonds. The van der Waals surface area contributed by atoms with Gasteiger partial charge in [-0.05, 0) is 61.9 Å². The third kappa shape index (κ3) is 3.72. The highest BCUT2D eigenvalue weighted by Gasteiger charge is 2.29. The minimum atomic E-state index is 0.0987. The summed E-state index contributed by atoms with van der Waals surface area (Å²) in [4.78, 5) is 0. The van der Waals surface area contributed by atoms with Crippen molar-refractivity contribution in [3.63, 3.8) is 0 Å². The molecule has 0 fully saturated rings. The quantitative estimate of drug-likeness (QED) is 0.592. The second-order valence-electron chi connectivity index (χ2n) is 7.69. The van der Waals surface area contributed by atoms with Gasteiger partial charge in [0, 0.05) is 22.6 Å². The van der Waals surface area contributed by atoms with Gasteiger partial charge in [0.05, 0.1) is 11.8 Å². The highest BCUT2D eigenvalue weighted by molar-refractivity contribution is 7.97. The molecule has 9 heteroatoms. The molecule has 7 nitrogen and oxygen atoms in total. The molecule has 31 heavy (non-hydrogen) atoms. The Labute approximate surface area is 189 Å². The van der Waals surface area contributed by atoms with Gasteiger partial charge in [-0.15, -0.1) is 10.2 Å². The fourth-order valence-electron chi connectivity index (χ4n) is 3.82. The standard InChI is InChI=1S/C22H23N5O2S2/c1-12-6-14(4-5-17(12)23)21-16-9-19-18(28-11-29-19)8-15(16)7-13(2)27(26-21)22-25-24-20(31-22)10-30-3/h4-6,8-9,13H,7,10-11,23H2,1-3H3/t13-/m1/s1. The Bertz CT molecular complexity index is 1180. The summed E-state index contributed by atoms with van der Waals surface area (Å²) in [5.41, 5.74) is 11.9. The number of benzene rings is 2. The van der Waals surface area contributed by atoms with Crippen LogP contribution >= 0.6 is 23.1 Å². The van der Waals surface area contributed by atoms with Crippen LogP contribution in [0.3, 0.4) is 0 Å². The number of nitrogen functional groups attached to an aromatic ring is 1. The van der Waals surface area contributed by atoms with E-state index in [-0.39, 0.29) is 12.8 Å². The number of anilines is 2. The lowest BCUT2D eigenvalue weighted by atomic mass is 9.93. The maximum Gasteiger partial charge on any atom is 0.231 e. The molecule has 2 aliphatic heterocycles. The molecular formula is C22H23N5O2S2. The molecule has 1 atom stereocenters. The van der Waals surface area contributed by atoms with Crippen molar-refractivity contribution in [1.29, 1.82) is 0 Å². The number of fused-ring (bicyclic) bond motifs is 2. The lowest BCUT2D eigenvalue weighted by Gasteiger charge is -2.22. The first-order valence-corrected chi connectivity index (χ1v) is 12.2. The Kier molecular flexibility index (Phi) is 5.23. The first-order chi connectivity index (χ1) is 15.0. The average Bonchev–Trinajstić information content (AvgIpc) is 3.37. The van der Waals surface area contributed by atoms with Gasteiger partial charge < -0.3 is 15.2 Å². The van der Waals surface area contributed by atoms with Crippen LogP contribution in [0.25, 0.3) is 0 Å². The summed E-state index contributed by atoms with van der Waals surface area (Å²) in [6.07, 6.45) is 2.86. The van der Waals surface area contributed by atoms with Crippen LogP contribution < -0.4 is 20.2 Å². The van der Waals surface area contributed by atoms with Crippen LogP contribution in [0.4, 0.5) is 10.8 Å². The molecule has 1 aromatic heterocycles. The number of rotatable bonds is 4. The zero-order valence-corrected chi connectivity index (χ0v) is 19.2. The molecule has 3 heterocycles. The molecule has 0 saturated heterocycles. The van der Waals surface area contributed by atoms with Gasteiger partial charge in [0.2, 0.25) is 11.9 Å². The van der Waals surface area contributed by atoms with Crippen LogP contribution in [0, 0.1) is 6.92 Å². The number of hydrazone groups is 1. The van der Waals surface area contributed by atoms with Crippen LogP contribution in [0.1, 0.15) is 34.2 Å². The van der Waals surface area contributed by atoms with E-state index >= 15 is 0 Å². The topological polar surface area (TPSA) is 85.9 Å². The van der Waals surface area contributed by atoms with E-state index in [1.165, 1.54) is 5.56 Å². The lowest BCUT2D eigenvalue weighted by Crippen LogP contribution is -2.29. The molecule has 3 aromatic rings. The van der Waals surface area contributed by atoms with E-state index in [4.69, 9.17) is 20.3 Å². The van der Waals surface area contributed by atoms with Crippen molar-refractivity contribution in [2.75, 3.05) is 23.8 Å². The van der Waals surface area contributed by atoms with Gasteiger partial charge >= 0.3 is 0 Å². The summed E-state index contributed by atoms with van der Waals surface area (Å²) in [6, 6.07) is 10.2. The van der Waals surface area contributed by atoms with Crippen molar-refractivity contribution in [3.8, 4) is 11.5 Å². The Morgan fingerprint density at radius 2 is 2.00 bits per heavy atom. The Balaban J connectivity index is 1.67. The summed E-state index contributed by atoms with van der Waals surface area (Å²) >= 11 is 3.32. The Morgan fingerprint density at radius 3 is 2.77 bits per heavy atom. The largest absolute Gasteiger partial charge is 0.454 e. The number of aryl methyl sites for hydroxylation is 1. The monoisotopic (exact) mass is 453 g/mol. The molecule has 0 bridgehead atoms. The Morgan fingerprint density at radius 1 is 1.19 bits per heavy atom. The second-order valence-corrected chi connectivity index (χ2v) is 9.60. The van der Waals surface area contributed by atoms with Gasteiger partial charge in [-0.2, -0.15) is 16.9 Å². The highest BCUT2D eigenvalue weighted by Crippen LogP contribution is 2.38. The smallest absolute Gasteiger partial charge is 0.231 e. The number of aromatic nitrogens is 2. The Hall–Kier alpha value is -2.78. The molecule has 2 aliphatic rings. The molecule has 0 saturated carbocycles. The van der Waals surface area contributed by atoms with E-state index in [1.54, 1.807) is 23.1 Å². The molecule has 0 unspecified atom stereocenters. The van der Waals surface area contributed by atoms with Gasteiger partial charge in [0.1, 0.15) is 5.01 Å². The van der Waals surface area contributed by atoms with Crippen LogP contribution in [-0.2, 0) is 12.2 Å². The SMILES string of the molecule is CSCc1nnc(N2N=C(c3ccc(N)c(C)c3)c3cc4c(cc3C[C@H]2C)OCO4)s1. The first-order valence-electron chi connectivity index (χ1n) is 10.0. The first kappa shape index (κ1) is 20.1.